The number of fused-ring (bicyclic) bond motifs is 10. The number of benzene rings is 8. The summed E-state index contributed by atoms with van der Waals surface area (Å²) in [5, 5.41) is 10.3. The van der Waals surface area contributed by atoms with Crippen molar-refractivity contribution in [1.29, 1.82) is 0 Å². The number of thiophene rings is 1. The van der Waals surface area contributed by atoms with Gasteiger partial charge in [-0.05, 0) is 101 Å². The lowest BCUT2D eigenvalue weighted by Gasteiger charge is -2.10. The monoisotopic (exact) mass is 640 g/mol. The summed E-state index contributed by atoms with van der Waals surface area (Å²) in [6.07, 6.45) is 0. The molecule has 0 amide bonds. The van der Waals surface area contributed by atoms with Crippen molar-refractivity contribution in [3.05, 3.63) is 170 Å². The summed E-state index contributed by atoms with van der Waals surface area (Å²) in [6, 6.07) is 62.5. The van der Waals surface area contributed by atoms with E-state index in [9.17, 15) is 0 Å². The normalized spacial score (nSPS) is 12.1. The first-order valence-corrected chi connectivity index (χ1v) is 17.6. The largest absolute Gasteiger partial charge is 0.309 e. The van der Waals surface area contributed by atoms with Gasteiger partial charge >= 0.3 is 0 Å². The zero-order valence-electron chi connectivity index (χ0n) is 26.5. The average Bonchev–Trinajstić information content (AvgIpc) is 3.81. The number of rotatable bonds is 3. The lowest BCUT2D eigenvalue weighted by atomic mass is 10.0. The van der Waals surface area contributed by atoms with Gasteiger partial charge in [0.25, 0.3) is 0 Å². The van der Waals surface area contributed by atoms with E-state index in [1.807, 2.05) is 11.3 Å². The molecule has 49 heavy (non-hydrogen) atoms. The molecule has 3 aromatic heterocycles. The highest BCUT2D eigenvalue weighted by Gasteiger charge is 2.16. The van der Waals surface area contributed by atoms with Crippen molar-refractivity contribution in [2.75, 3.05) is 0 Å². The van der Waals surface area contributed by atoms with Gasteiger partial charge in [0.2, 0.25) is 0 Å². The smallest absolute Gasteiger partial charge is 0.0541 e. The molecule has 11 aromatic rings. The summed E-state index contributed by atoms with van der Waals surface area (Å²) in [6.45, 7) is 0. The van der Waals surface area contributed by atoms with Crippen LogP contribution < -0.4 is 0 Å². The molecule has 0 fully saturated rings. The van der Waals surface area contributed by atoms with Crippen LogP contribution in [0.25, 0.3) is 97.1 Å². The molecule has 0 saturated carbocycles. The van der Waals surface area contributed by atoms with Gasteiger partial charge in [0.05, 0.1) is 22.1 Å². The molecule has 0 aliphatic heterocycles. The van der Waals surface area contributed by atoms with Crippen LogP contribution in [0.5, 0.6) is 0 Å². The number of nitrogens with zero attached hydrogens (tertiary/aromatic N) is 2. The summed E-state index contributed by atoms with van der Waals surface area (Å²) < 4.78 is 7.48. The van der Waals surface area contributed by atoms with Crippen LogP contribution in [0, 0.1) is 0 Å². The quantitative estimate of drug-likeness (QED) is 0.182. The van der Waals surface area contributed by atoms with Crippen molar-refractivity contribution < 1.29 is 0 Å². The Hall–Kier alpha value is -6.16. The van der Waals surface area contributed by atoms with E-state index >= 15 is 0 Å². The second-order valence-electron chi connectivity index (χ2n) is 13.0. The maximum absolute atomic E-state index is 2.43. The second-order valence-corrected chi connectivity index (χ2v) is 14.1. The Morgan fingerprint density at radius 3 is 1.57 bits per heavy atom. The molecular weight excluding hydrogens is 613 g/mol. The van der Waals surface area contributed by atoms with Crippen LogP contribution in [0.3, 0.4) is 0 Å². The van der Waals surface area contributed by atoms with Crippen LogP contribution in [-0.2, 0) is 0 Å². The van der Waals surface area contributed by atoms with E-state index < -0.39 is 0 Å². The Kier molecular flexibility index (Phi) is 5.57. The number of para-hydroxylation sites is 3. The van der Waals surface area contributed by atoms with Gasteiger partial charge in [-0.25, -0.2) is 0 Å². The van der Waals surface area contributed by atoms with E-state index in [0.717, 1.165) is 0 Å². The number of hydrogen-bond donors (Lipinski definition) is 0. The molecule has 11 rings (SSSR count). The predicted octanol–water partition coefficient (Wildman–Crippen LogP) is 13.1. The summed E-state index contributed by atoms with van der Waals surface area (Å²) in [4.78, 5) is 0. The highest BCUT2D eigenvalue weighted by atomic mass is 32.1. The molecule has 228 valence electrons. The fourth-order valence-corrected chi connectivity index (χ4v) is 9.17. The van der Waals surface area contributed by atoms with Crippen molar-refractivity contribution in [3.8, 4) is 22.5 Å². The van der Waals surface area contributed by atoms with Crippen LogP contribution in [0.15, 0.2) is 170 Å². The summed E-state index contributed by atoms with van der Waals surface area (Å²) in [7, 11) is 0. The van der Waals surface area contributed by atoms with Gasteiger partial charge in [-0.2, -0.15) is 0 Å². The van der Waals surface area contributed by atoms with Crippen molar-refractivity contribution >= 4 is 85.9 Å². The summed E-state index contributed by atoms with van der Waals surface area (Å²) in [5.74, 6) is 0. The van der Waals surface area contributed by atoms with E-state index in [-0.39, 0.29) is 0 Å². The van der Waals surface area contributed by atoms with E-state index in [4.69, 9.17) is 0 Å². The average molecular weight is 641 g/mol. The van der Waals surface area contributed by atoms with Gasteiger partial charge in [-0.15, -0.1) is 11.3 Å². The van der Waals surface area contributed by atoms with E-state index in [2.05, 4.69) is 179 Å². The Balaban J connectivity index is 1.09. The van der Waals surface area contributed by atoms with E-state index in [1.54, 1.807) is 0 Å². The van der Waals surface area contributed by atoms with Gasteiger partial charge in [-0.1, -0.05) is 91.0 Å². The fourth-order valence-electron chi connectivity index (χ4n) is 8.03. The topological polar surface area (TPSA) is 9.86 Å². The maximum atomic E-state index is 2.43. The molecule has 0 spiro atoms. The third-order valence-electron chi connectivity index (χ3n) is 10.3. The zero-order chi connectivity index (χ0) is 32.1. The summed E-state index contributed by atoms with van der Waals surface area (Å²) >= 11 is 1.88. The minimum absolute atomic E-state index is 1.18. The maximum Gasteiger partial charge on any atom is 0.0541 e. The Morgan fingerprint density at radius 2 is 0.878 bits per heavy atom. The first-order chi connectivity index (χ1) is 24.3. The highest BCUT2D eigenvalue weighted by Crippen LogP contribution is 2.40. The molecule has 0 bridgehead atoms. The SMILES string of the molecule is c1ccc(-n2c3ccccc3c3cc(-c4ccc5c(c4)c4ccccc4n5-c4ccc5cc6c(cc5c4)sc4ccccc46)ccc32)cc1. The van der Waals surface area contributed by atoms with Gasteiger partial charge in [0.15, 0.2) is 0 Å². The van der Waals surface area contributed by atoms with Crippen LogP contribution in [0.4, 0.5) is 0 Å². The Morgan fingerprint density at radius 1 is 0.306 bits per heavy atom. The number of hydrogen-bond acceptors (Lipinski definition) is 1. The minimum atomic E-state index is 1.18. The zero-order valence-corrected chi connectivity index (χ0v) is 27.3. The third-order valence-corrected chi connectivity index (χ3v) is 11.4. The molecule has 0 saturated heterocycles. The van der Waals surface area contributed by atoms with Crippen LogP contribution in [0.1, 0.15) is 0 Å². The van der Waals surface area contributed by atoms with Crippen LogP contribution >= 0.6 is 11.3 Å². The fraction of sp³-hybridized carbons (Fsp3) is 0. The molecule has 0 atom stereocenters. The van der Waals surface area contributed by atoms with Crippen LogP contribution in [0.2, 0.25) is 0 Å². The summed E-state index contributed by atoms with van der Waals surface area (Å²) in [5.41, 5.74) is 9.69. The van der Waals surface area contributed by atoms with Gasteiger partial charge < -0.3 is 9.13 Å². The van der Waals surface area contributed by atoms with Crippen molar-refractivity contribution in [3.63, 3.8) is 0 Å². The van der Waals surface area contributed by atoms with Gasteiger partial charge in [-0.3, -0.25) is 0 Å². The standard InChI is InChI=1S/C46H28N2S/c1-2-10-33(11-3-1)47-41-15-7-4-12-35(41)38-25-29(19-22-43(38)47)30-20-23-44-39(26-30)36-13-5-8-16-42(36)48(44)34-21-18-31-27-40-37-14-6-9-17-45(37)49-46(40)28-32(31)24-34/h1-28H. The third kappa shape index (κ3) is 3.94. The number of aromatic nitrogens is 2. The van der Waals surface area contributed by atoms with Crippen molar-refractivity contribution in [2.24, 2.45) is 0 Å². The molecule has 0 radical (unpaired) electrons. The lowest BCUT2D eigenvalue weighted by molar-refractivity contribution is 1.18. The minimum Gasteiger partial charge on any atom is -0.309 e. The molecule has 2 nitrogen and oxygen atoms in total. The molecule has 0 aliphatic rings. The predicted molar refractivity (Wildman–Crippen MR) is 211 cm³/mol. The van der Waals surface area contributed by atoms with Crippen molar-refractivity contribution in [1.82, 2.24) is 9.13 Å². The van der Waals surface area contributed by atoms with Gasteiger partial charge in [0.1, 0.15) is 0 Å². The first-order valence-electron chi connectivity index (χ1n) is 16.8. The van der Waals surface area contributed by atoms with Crippen LogP contribution in [-0.4, -0.2) is 9.13 Å². The van der Waals surface area contributed by atoms with E-state index in [0.29, 0.717) is 0 Å². The molecule has 0 N–H and O–H groups in total. The molecule has 0 aliphatic carbocycles. The molecule has 3 heterocycles. The Labute approximate surface area is 286 Å². The molecular formula is C46H28N2S. The second kappa shape index (κ2) is 10.2. The Bertz CT molecular complexity index is 3100. The van der Waals surface area contributed by atoms with Gasteiger partial charge in [0, 0.05) is 53.1 Å². The first kappa shape index (κ1) is 26.9. The lowest BCUT2D eigenvalue weighted by Crippen LogP contribution is -1.94. The highest BCUT2D eigenvalue weighted by molar-refractivity contribution is 7.25. The molecule has 0 unspecified atom stereocenters. The van der Waals surface area contributed by atoms with Crippen molar-refractivity contribution in [2.45, 2.75) is 0 Å². The van der Waals surface area contributed by atoms with E-state index in [1.165, 1.54) is 97.1 Å². The molecule has 8 aromatic carbocycles. The molecule has 3 heteroatoms.